The van der Waals surface area contributed by atoms with Gasteiger partial charge in [0, 0.05) is 0 Å². The maximum Gasteiger partial charge on any atom is 0.387 e. The highest BCUT2D eigenvalue weighted by molar-refractivity contribution is 5.75. The van der Waals surface area contributed by atoms with E-state index in [9.17, 15) is 13.6 Å². The zero-order valence-corrected chi connectivity index (χ0v) is 12.3. The van der Waals surface area contributed by atoms with E-state index in [4.69, 9.17) is 4.74 Å². The topological polar surface area (TPSA) is 35.5 Å². The molecule has 0 amide bonds. The summed E-state index contributed by atoms with van der Waals surface area (Å²) in [6.07, 6.45) is 0.0578. The molecule has 2 aromatic rings. The average Bonchev–Trinajstić information content (AvgIpc) is 2.43. The van der Waals surface area contributed by atoms with E-state index in [0.717, 1.165) is 11.1 Å². The number of halogens is 2. The standard InChI is InChI=1S/C17H16F2O3/c1-11-3-8-15(12(2)9-11)22-16(20)10-13-4-6-14(7-5-13)21-17(18)19/h3-9,17H,10H2,1-2H3. The van der Waals surface area contributed by atoms with Gasteiger partial charge in [-0.2, -0.15) is 8.78 Å². The van der Waals surface area contributed by atoms with E-state index in [1.807, 2.05) is 26.0 Å². The van der Waals surface area contributed by atoms with Crippen LogP contribution in [0.4, 0.5) is 8.78 Å². The Kier molecular flexibility index (Phi) is 5.09. The summed E-state index contributed by atoms with van der Waals surface area (Å²) < 4.78 is 33.6. The zero-order chi connectivity index (χ0) is 16.1. The molecule has 0 saturated carbocycles. The number of carbonyl (C=O) groups excluding carboxylic acids is 1. The van der Waals surface area contributed by atoms with Crippen LogP contribution in [0.15, 0.2) is 42.5 Å². The summed E-state index contributed by atoms with van der Waals surface area (Å²) >= 11 is 0. The molecule has 0 radical (unpaired) electrons. The van der Waals surface area contributed by atoms with Crippen molar-refractivity contribution in [1.82, 2.24) is 0 Å². The predicted molar refractivity (Wildman–Crippen MR) is 78.3 cm³/mol. The minimum absolute atomic E-state index is 0.0569. The van der Waals surface area contributed by atoms with Crippen LogP contribution in [-0.4, -0.2) is 12.6 Å². The Morgan fingerprint density at radius 3 is 2.36 bits per heavy atom. The smallest absolute Gasteiger partial charge is 0.387 e. The Morgan fingerprint density at radius 1 is 1.09 bits per heavy atom. The van der Waals surface area contributed by atoms with Gasteiger partial charge in [-0.05, 0) is 43.2 Å². The highest BCUT2D eigenvalue weighted by Crippen LogP contribution is 2.20. The molecular weight excluding hydrogens is 290 g/mol. The van der Waals surface area contributed by atoms with Crippen molar-refractivity contribution in [2.75, 3.05) is 0 Å². The SMILES string of the molecule is Cc1ccc(OC(=O)Cc2ccc(OC(F)F)cc2)c(C)c1. The summed E-state index contributed by atoms with van der Waals surface area (Å²) in [7, 11) is 0. The summed E-state index contributed by atoms with van der Waals surface area (Å²) in [5.74, 6) is 0.171. The van der Waals surface area contributed by atoms with E-state index in [1.54, 1.807) is 18.2 Å². The number of ether oxygens (including phenoxy) is 2. The highest BCUT2D eigenvalue weighted by Gasteiger charge is 2.09. The lowest BCUT2D eigenvalue weighted by Crippen LogP contribution is -2.12. The van der Waals surface area contributed by atoms with Crippen molar-refractivity contribution >= 4 is 5.97 Å². The van der Waals surface area contributed by atoms with Gasteiger partial charge in [0.15, 0.2) is 0 Å². The van der Waals surface area contributed by atoms with E-state index < -0.39 is 12.6 Å². The zero-order valence-electron chi connectivity index (χ0n) is 12.3. The molecule has 0 saturated heterocycles. The predicted octanol–water partition coefficient (Wildman–Crippen LogP) is 4.05. The molecule has 0 unspecified atom stereocenters. The second-order valence-electron chi connectivity index (χ2n) is 4.94. The van der Waals surface area contributed by atoms with Crippen LogP contribution in [0.1, 0.15) is 16.7 Å². The maximum absolute atomic E-state index is 12.0. The second kappa shape index (κ2) is 7.02. The minimum Gasteiger partial charge on any atom is -0.435 e. The van der Waals surface area contributed by atoms with Crippen molar-refractivity contribution in [3.05, 3.63) is 59.2 Å². The second-order valence-corrected chi connectivity index (χ2v) is 4.94. The van der Waals surface area contributed by atoms with Crippen molar-refractivity contribution in [2.24, 2.45) is 0 Å². The molecule has 0 fully saturated rings. The van der Waals surface area contributed by atoms with Crippen LogP contribution in [0.2, 0.25) is 0 Å². The van der Waals surface area contributed by atoms with E-state index >= 15 is 0 Å². The number of alkyl halides is 2. The maximum atomic E-state index is 12.0. The Bertz CT molecular complexity index is 651. The Balaban J connectivity index is 1.97. The molecule has 116 valence electrons. The van der Waals surface area contributed by atoms with Gasteiger partial charge < -0.3 is 9.47 Å². The number of esters is 1. The molecule has 0 N–H and O–H groups in total. The first kappa shape index (κ1) is 15.9. The summed E-state index contributed by atoms with van der Waals surface area (Å²) in [5, 5.41) is 0. The van der Waals surface area contributed by atoms with Crippen LogP contribution < -0.4 is 9.47 Å². The van der Waals surface area contributed by atoms with Crippen LogP contribution in [0.25, 0.3) is 0 Å². The first-order valence-corrected chi connectivity index (χ1v) is 6.76. The number of benzene rings is 2. The Labute approximate surface area is 127 Å². The summed E-state index contributed by atoms with van der Waals surface area (Å²) in [5.41, 5.74) is 2.64. The molecular formula is C17H16F2O3. The third kappa shape index (κ3) is 4.55. The monoisotopic (exact) mass is 306 g/mol. The van der Waals surface area contributed by atoms with Crippen molar-refractivity contribution in [3.63, 3.8) is 0 Å². The van der Waals surface area contributed by atoms with Crippen LogP contribution in [0.3, 0.4) is 0 Å². The minimum atomic E-state index is -2.86. The van der Waals surface area contributed by atoms with E-state index in [2.05, 4.69) is 4.74 Å². The Hall–Kier alpha value is -2.43. The third-order valence-corrected chi connectivity index (χ3v) is 3.05. The molecule has 0 aliphatic rings. The van der Waals surface area contributed by atoms with Crippen LogP contribution in [0, 0.1) is 13.8 Å². The summed E-state index contributed by atoms with van der Waals surface area (Å²) in [6, 6.07) is 11.5. The first-order valence-electron chi connectivity index (χ1n) is 6.76. The molecule has 0 aliphatic heterocycles. The molecule has 0 bridgehead atoms. The van der Waals surface area contributed by atoms with E-state index in [-0.39, 0.29) is 12.2 Å². The van der Waals surface area contributed by atoms with Crippen molar-refractivity contribution in [3.8, 4) is 11.5 Å². The molecule has 0 aliphatic carbocycles. The van der Waals surface area contributed by atoms with Crippen molar-refractivity contribution in [2.45, 2.75) is 26.9 Å². The summed E-state index contributed by atoms with van der Waals surface area (Å²) in [6.45, 7) is 0.966. The molecule has 2 rings (SSSR count). The van der Waals surface area contributed by atoms with Gasteiger partial charge in [-0.3, -0.25) is 4.79 Å². The fourth-order valence-electron chi connectivity index (χ4n) is 2.03. The number of hydrogen-bond donors (Lipinski definition) is 0. The number of hydrogen-bond acceptors (Lipinski definition) is 3. The molecule has 22 heavy (non-hydrogen) atoms. The molecule has 5 heteroatoms. The van der Waals surface area contributed by atoms with Gasteiger partial charge in [0.1, 0.15) is 11.5 Å². The molecule has 0 atom stereocenters. The van der Waals surface area contributed by atoms with Crippen LogP contribution in [-0.2, 0) is 11.2 Å². The van der Waals surface area contributed by atoms with E-state index in [0.29, 0.717) is 11.3 Å². The largest absolute Gasteiger partial charge is 0.435 e. The molecule has 3 nitrogen and oxygen atoms in total. The lowest BCUT2D eigenvalue weighted by molar-refractivity contribution is -0.133. The van der Waals surface area contributed by atoms with Gasteiger partial charge in [0.05, 0.1) is 6.42 Å². The quantitative estimate of drug-likeness (QED) is 0.617. The van der Waals surface area contributed by atoms with Gasteiger partial charge >= 0.3 is 12.6 Å². The summed E-state index contributed by atoms with van der Waals surface area (Å²) in [4.78, 5) is 11.9. The highest BCUT2D eigenvalue weighted by atomic mass is 19.3. The number of aryl methyl sites for hydroxylation is 2. The van der Waals surface area contributed by atoms with Gasteiger partial charge in [-0.1, -0.05) is 29.8 Å². The normalized spacial score (nSPS) is 10.6. The number of rotatable bonds is 5. The fraction of sp³-hybridized carbons (Fsp3) is 0.235. The van der Waals surface area contributed by atoms with Crippen LogP contribution >= 0.6 is 0 Å². The van der Waals surface area contributed by atoms with E-state index in [1.165, 1.54) is 12.1 Å². The lowest BCUT2D eigenvalue weighted by Gasteiger charge is -2.09. The number of carbonyl (C=O) groups is 1. The van der Waals surface area contributed by atoms with Crippen molar-refractivity contribution in [1.29, 1.82) is 0 Å². The van der Waals surface area contributed by atoms with Gasteiger partial charge in [-0.25, -0.2) is 0 Å². The molecule has 0 heterocycles. The molecule has 0 aromatic heterocycles. The average molecular weight is 306 g/mol. The lowest BCUT2D eigenvalue weighted by atomic mass is 10.1. The molecule has 2 aromatic carbocycles. The third-order valence-electron chi connectivity index (χ3n) is 3.05. The first-order chi connectivity index (χ1) is 10.4. The van der Waals surface area contributed by atoms with Gasteiger partial charge in [-0.15, -0.1) is 0 Å². The fourth-order valence-corrected chi connectivity index (χ4v) is 2.03. The van der Waals surface area contributed by atoms with Gasteiger partial charge in [0.2, 0.25) is 0 Å². The van der Waals surface area contributed by atoms with Gasteiger partial charge in [0.25, 0.3) is 0 Å². The van der Waals surface area contributed by atoms with Crippen LogP contribution in [0.5, 0.6) is 11.5 Å². The van der Waals surface area contributed by atoms with Crippen molar-refractivity contribution < 1.29 is 23.0 Å². The Morgan fingerprint density at radius 2 is 1.77 bits per heavy atom. The molecule has 0 spiro atoms.